The van der Waals surface area contributed by atoms with Gasteiger partial charge in [-0.05, 0) is 12.7 Å². The van der Waals surface area contributed by atoms with E-state index in [9.17, 15) is 0 Å². The molecule has 1 fully saturated rings. The van der Waals surface area contributed by atoms with Gasteiger partial charge in [-0.3, -0.25) is 0 Å². The SMILES string of the molecule is CCCCB1OCCCO1. The van der Waals surface area contributed by atoms with Crippen LogP contribution in [-0.4, -0.2) is 20.3 Å². The van der Waals surface area contributed by atoms with Crippen molar-refractivity contribution in [1.29, 1.82) is 0 Å². The maximum atomic E-state index is 5.36. The van der Waals surface area contributed by atoms with Crippen LogP contribution in [0.2, 0.25) is 6.32 Å². The molecule has 0 spiro atoms. The number of hydrogen-bond donors (Lipinski definition) is 0. The normalized spacial score (nSPS) is 19.5. The molecule has 2 nitrogen and oxygen atoms in total. The van der Waals surface area contributed by atoms with E-state index in [0.717, 1.165) is 26.0 Å². The monoisotopic (exact) mass is 142 g/mol. The fourth-order valence-corrected chi connectivity index (χ4v) is 1.07. The Morgan fingerprint density at radius 3 is 2.60 bits per heavy atom. The van der Waals surface area contributed by atoms with Gasteiger partial charge in [-0.2, -0.15) is 0 Å². The minimum absolute atomic E-state index is 0.105. The largest absolute Gasteiger partial charge is 0.456 e. The van der Waals surface area contributed by atoms with Crippen LogP contribution in [0.25, 0.3) is 0 Å². The molecule has 1 heterocycles. The minimum atomic E-state index is 0.105. The van der Waals surface area contributed by atoms with Crippen LogP contribution < -0.4 is 0 Å². The smallest absolute Gasteiger partial charge is 0.411 e. The summed E-state index contributed by atoms with van der Waals surface area (Å²) in [6, 6.07) is 0. The Kier molecular flexibility index (Phi) is 3.84. The predicted molar refractivity (Wildman–Crippen MR) is 42.0 cm³/mol. The highest BCUT2D eigenvalue weighted by Gasteiger charge is 2.19. The van der Waals surface area contributed by atoms with E-state index in [1.54, 1.807) is 0 Å². The van der Waals surface area contributed by atoms with Gasteiger partial charge in [0.05, 0.1) is 0 Å². The summed E-state index contributed by atoms with van der Waals surface area (Å²) in [4.78, 5) is 0. The first-order valence-electron chi connectivity index (χ1n) is 4.16. The molecule has 1 saturated heterocycles. The molecule has 58 valence electrons. The second-order valence-electron chi connectivity index (χ2n) is 2.67. The zero-order valence-electron chi connectivity index (χ0n) is 6.64. The van der Waals surface area contributed by atoms with Gasteiger partial charge in [0, 0.05) is 13.2 Å². The first kappa shape index (κ1) is 8.09. The Balaban J connectivity index is 2.02. The molecule has 0 bridgehead atoms. The van der Waals surface area contributed by atoms with Crippen molar-refractivity contribution in [3.05, 3.63) is 0 Å². The van der Waals surface area contributed by atoms with E-state index < -0.39 is 0 Å². The Bertz CT molecular complexity index is 81.7. The highest BCUT2D eigenvalue weighted by molar-refractivity contribution is 6.44. The third-order valence-electron chi connectivity index (χ3n) is 1.69. The Morgan fingerprint density at radius 2 is 2.00 bits per heavy atom. The van der Waals surface area contributed by atoms with Crippen molar-refractivity contribution in [3.63, 3.8) is 0 Å². The lowest BCUT2D eigenvalue weighted by Gasteiger charge is -2.19. The van der Waals surface area contributed by atoms with Gasteiger partial charge in [0.25, 0.3) is 0 Å². The van der Waals surface area contributed by atoms with E-state index in [1.807, 2.05) is 0 Å². The summed E-state index contributed by atoms with van der Waals surface area (Å²) >= 11 is 0. The lowest BCUT2D eigenvalue weighted by molar-refractivity contribution is 0.133. The summed E-state index contributed by atoms with van der Waals surface area (Å²) in [7, 11) is 0.105. The average molecular weight is 142 g/mol. The van der Waals surface area contributed by atoms with Crippen LogP contribution in [0.15, 0.2) is 0 Å². The summed E-state index contributed by atoms with van der Waals surface area (Å²) in [5, 5.41) is 0. The zero-order chi connectivity index (χ0) is 7.23. The zero-order valence-corrected chi connectivity index (χ0v) is 6.64. The molecule has 0 radical (unpaired) electrons. The highest BCUT2D eigenvalue weighted by Crippen LogP contribution is 2.08. The molecule has 0 unspecified atom stereocenters. The van der Waals surface area contributed by atoms with Crippen LogP contribution in [0.5, 0.6) is 0 Å². The Morgan fingerprint density at radius 1 is 1.30 bits per heavy atom. The maximum Gasteiger partial charge on any atom is 0.456 e. The minimum Gasteiger partial charge on any atom is -0.411 e. The molecule has 0 N–H and O–H groups in total. The summed E-state index contributed by atoms with van der Waals surface area (Å²) in [6.07, 6.45) is 4.56. The van der Waals surface area contributed by atoms with E-state index in [1.165, 1.54) is 12.8 Å². The maximum absolute atomic E-state index is 5.36. The molecule has 0 saturated carbocycles. The fraction of sp³-hybridized carbons (Fsp3) is 1.00. The molecule has 1 rings (SSSR count). The fourth-order valence-electron chi connectivity index (χ4n) is 1.07. The predicted octanol–water partition coefficient (Wildman–Crippen LogP) is 1.71. The van der Waals surface area contributed by atoms with Crippen LogP contribution >= 0.6 is 0 Å². The van der Waals surface area contributed by atoms with Crippen molar-refractivity contribution in [2.75, 3.05) is 13.2 Å². The van der Waals surface area contributed by atoms with Gasteiger partial charge in [-0.1, -0.05) is 19.8 Å². The van der Waals surface area contributed by atoms with E-state index in [4.69, 9.17) is 9.31 Å². The molecule has 3 heteroatoms. The number of hydrogen-bond acceptors (Lipinski definition) is 2. The van der Waals surface area contributed by atoms with Gasteiger partial charge >= 0.3 is 7.12 Å². The summed E-state index contributed by atoms with van der Waals surface area (Å²) in [5.41, 5.74) is 0. The van der Waals surface area contributed by atoms with Crippen molar-refractivity contribution >= 4 is 7.12 Å². The lowest BCUT2D eigenvalue weighted by Crippen LogP contribution is -2.29. The third kappa shape index (κ3) is 2.71. The van der Waals surface area contributed by atoms with E-state index in [0.29, 0.717) is 0 Å². The summed E-state index contributed by atoms with van der Waals surface area (Å²) in [5.74, 6) is 0. The molecule has 1 aliphatic heterocycles. The third-order valence-corrected chi connectivity index (χ3v) is 1.69. The second-order valence-corrected chi connectivity index (χ2v) is 2.67. The highest BCUT2D eigenvalue weighted by atomic mass is 16.6. The molecular formula is C7H15BO2. The molecule has 0 aromatic rings. The lowest BCUT2D eigenvalue weighted by atomic mass is 9.81. The van der Waals surface area contributed by atoms with E-state index in [2.05, 4.69) is 6.92 Å². The van der Waals surface area contributed by atoms with Crippen molar-refractivity contribution < 1.29 is 9.31 Å². The first-order chi connectivity index (χ1) is 4.93. The quantitative estimate of drug-likeness (QED) is 0.558. The van der Waals surface area contributed by atoms with Crippen LogP contribution in [0, 0.1) is 0 Å². The summed E-state index contributed by atoms with van der Waals surface area (Å²) < 4.78 is 10.7. The summed E-state index contributed by atoms with van der Waals surface area (Å²) in [6.45, 7) is 3.95. The second kappa shape index (κ2) is 4.75. The topological polar surface area (TPSA) is 18.5 Å². The van der Waals surface area contributed by atoms with Gasteiger partial charge in [0.15, 0.2) is 0 Å². The molecular weight excluding hydrogens is 127 g/mol. The van der Waals surface area contributed by atoms with Gasteiger partial charge < -0.3 is 9.31 Å². The number of rotatable bonds is 3. The standard InChI is InChI=1S/C7H15BO2/c1-2-3-5-8-9-6-4-7-10-8/h2-7H2,1H3. The molecule has 1 aliphatic rings. The van der Waals surface area contributed by atoms with E-state index >= 15 is 0 Å². The van der Waals surface area contributed by atoms with Crippen molar-refractivity contribution in [1.82, 2.24) is 0 Å². The van der Waals surface area contributed by atoms with Gasteiger partial charge in [-0.25, -0.2) is 0 Å². The van der Waals surface area contributed by atoms with Crippen LogP contribution in [-0.2, 0) is 9.31 Å². The van der Waals surface area contributed by atoms with Gasteiger partial charge in [0.1, 0.15) is 0 Å². The van der Waals surface area contributed by atoms with Crippen molar-refractivity contribution in [2.45, 2.75) is 32.5 Å². The molecule has 0 aromatic carbocycles. The Labute approximate surface area is 63.0 Å². The van der Waals surface area contributed by atoms with E-state index in [-0.39, 0.29) is 7.12 Å². The van der Waals surface area contributed by atoms with Crippen molar-refractivity contribution in [3.8, 4) is 0 Å². The van der Waals surface area contributed by atoms with Crippen LogP contribution in [0.3, 0.4) is 0 Å². The van der Waals surface area contributed by atoms with Gasteiger partial charge in [0.2, 0.25) is 0 Å². The van der Waals surface area contributed by atoms with Gasteiger partial charge in [-0.15, -0.1) is 0 Å². The molecule has 10 heavy (non-hydrogen) atoms. The molecule has 0 aromatic heterocycles. The molecule has 0 amide bonds. The van der Waals surface area contributed by atoms with Crippen molar-refractivity contribution in [2.24, 2.45) is 0 Å². The first-order valence-corrected chi connectivity index (χ1v) is 4.16. The van der Waals surface area contributed by atoms with Crippen LogP contribution in [0.4, 0.5) is 0 Å². The molecule has 0 atom stereocenters. The average Bonchev–Trinajstić information content (AvgIpc) is 2.03. The Hall–Kier alpha value is -0.0151. The van der Waals surface area contributed by atoms with Crippen LogP contribution in [0.1, 0.15) is 26.2 Å². The molecule has 0 aliphatic carbocycles. The number of unbranched alkanes of at least 4 members (excludes halogenated alkanes) is 1.